The zero-order valence-corrected chi connectivity index (χ0v) is 15.1. The molecular formula is C18H24FN3OS. The minimum absolute atomic E-state index is 0.177. The van der Waals surface area contributed by atoms with Crippen molar-refractivity contribution in [2.45, 2.75) is 19.4 Å². The molecular weight excluding hydrogens is 325 g/mol. The number of benzene rings is 1. The lowest BCUT2D eigenvalue weighted by molar-refractivity contribution is 0.213. The predicted molar refractivity (Wildman–Crippen MR) is 98.5 cm³/mol. The van der Waals surface area contributed by atoms with Crippen molar-refractivity contribution in [3.63, 3.8) is 0 Å². The summed E-state index contributed by atoms with van der Waals surface area (Å²) < 4.78 is 19.2. The van der Waals surface area contributed by atoms with E-state index in [0.717, 1.165) is 18.9 Å². The SMILES string of the molecule is CN=C(NCC(C)Oc1ccccc1F)N(C)CCc1cccs1. The van der Waals surface area contributed by atoms with Crippen LogP contribution in [0.3, 0.4) is 0 Å². The van der Waals surface area contributed by atoms with Crippen molar-refractivity contribution in [3.05, 3.63) is 52.5 Å². The quantitative estimate of drug-likeness (QED) is 0.615. The molecule has 1 N–H and O–H groups in total. The summed E-state index contributed by atoms with van der Waals surface area (Å²) in [7, 11) is 3.76. The minimum Gasteiger partial charge on any atom is -0.486 e. The summed E-state index contributed by atoms with van der Waals surface area (Å²) in [5.74, 6) is 0.727. The van der Waals surface area contributed by atoms with Crippen LogP contribution in [-0.2, 0) is 6.42 Å². The van der Waals surface area contributed by atoms with Gasteiger partial charge in [0.05, 0.1) is 6.54 Å². The largest absolute Gasteiger partial charge is 0.486 e. The number of rotatable bonds is 7. The van der Waals surface area contributed by atoms with Gasteiger partial charge in [-0.3, -0.25) is 4.99 Å². The van der Waals surface area contributed by atoms with Gasteiger partial charge in [0, 0.05) is 25.5 Å². The van der Waals surface area contributed by atoms with Crippen LogP contribution in [0.4, 0.5) is 4.39 Å². The van der Waals surface area contributed by atoms with E-state index < -0.39 is 0 Å². The molecule has 1 unspecified atom stereocenters. The number of ether oxygens (including phenoxy) is 1. The second-order valence-corrected chi connectivity index (χ2v) is 6.57. The Kier molecular flexibility index (Phi) is 7.06. The molecule has 6 heteroatoms. The summed E-state index contributed by atoms with van der Waals surface area (Å²) in [5.41, 5.74) is 0. The number of likely N-dealkylation sites (N-methyl/N-ethyl adjacent to an activating group) is 1. The Hall–Kier alpha value is -2.08. The van der Waals surface area contributed by atoms with Crippen LogP contribution in [0.1, 0.15) is 11.8 Å². The van der Waals surface area contributed by atoms with Crippen LogP contribution in [0.25, 0.3) is 0 Å². The molecule has 0 spiro atoms. The molecule has 1 heterocycles. The molecule has 2 aromatic rings. The number of thiophene rings is 1. The Labute approximate surface area is 147 Å². The lowest BCUT2D eigenvalue weighted by Gasteiger charge is -2.23. The summed E-state index contributed by atoms with van der Waals surface area (Å²) in [6.45, 7) is 3.32. The van der Waals surface area contributed by atoms with Crippen molar-refractivity contribution in [2.24, 2.45) is 4.99 Å². The molecule has 2 rings (SSSR count). The number of hydrogen-bond acceptors (Lipinski definition) is 3. The van der Waals surface area contributed by atoms with Crippen LogP contribution in [-0.4, -0.2) is 44.1 Å². The Morgan fingerprint density at radius 1 is 1.33 bits per heavy atom. The van der Waals surface area contributed by atoms with Gasteiger partial charge in [0.2, 0.25) is 0 Å². The van der Waals surface area contributed by atoms with Gasteiger partial charge in [-0.15, -0.1) is 11.3 Å². The summed E-state index contributed by atoms with van der Waals surface area (Å²) >= 11 is 1.76. The monoisotopic (exact) mass is 349 g/mol. The van der Waals surface area contributed by atoms with Gasteiger partial charge in [-0.2, -0.15) is 0 Å². The van der Waals surface area contributed by atoms with Gasteiger partial charge < -0.3 is 15.0 Å². The van der Waals surface area contributed by atoms with Crippen LogP contribution in [0.5, 0.6) is 5.75 Å². The molecule has 0 amide bonds. The minimum atomic E-state index is -0.346. The first-order valence-corrected chi connectivity index (χ1v) is 8.83. The summed E-state index contributed by atoms with van der Waals surface area (Å²) in [6.07, 6.45) is 0.806. The summed E-state index contributed by atoms with van der Waals surface area (Å²) in [5, 5.41) is 5.36. The molecule has 0 radical (unpaired) electrons. The topological polar surface area (TPSA) is 36.9 Å². The number of guanidine groups is 1. The molecule has 1 atom stereocenters. The van der Waals surface area contributed by atoms with Crippen LogP contribution < -0.4 is 10.1 Å². The van der Waals surface area contributed by atoms with Gasteiger partial charge in [0.25, 0.3) is 0 Å². The maximum absolute atomic E-state index is 13.6. The standard InChI is InChI=1S/C18H24FN3OS/c1-14(23-17-9-5-4-8-16(17)19)13-21-18(20-2)22(3)11-10-15-7-6-12-24-15/h4-9,12,14H,10-11,13H2,1-3H3,(H,20,21). The van der Waals surface area contributed by atoms with E-state index in [0.29, 0.717) is 6.54 Å². The number of hydrogen-bond donors (Lipinski definition) is 1. The molecule has 0 saturated carbocycles. The molecule has 0 aliphatic heterocycles. The van der Waals surface area contributed by atoms with Crippen molar-refractivity contribution in [3.8, 4) is 5.75 Å². The fourth-order valence-corrected chi connectivity index (χ4v) is 2.96. The number of nitrogens with one attached hydrogen (secondary N) is 1. The van der Waals surface area contributed by atoms with Gasteiger partial charge in [0.1, 0.15) is 6.10 Å². The number of halogens is 1. The summed E-state index contributed by atoms with van der Waals surface area (Å²) in [4.78, 5) is 7.72. The van der Waals surface area contributed by atoms with E-state index in [9.17, 15) is 4.39 Å². The van der Waals surface area contributed by atoms with Gasteiger partial charge in [0.15, 0.2) is 17.5 Å². The molecule has 24 heavy (non-hydrogen) atoms. The van der Waals surface area contributed by atoms with Crippen molar-refractivity contribution in [1.82, 2.24) is 10.2 Å². The zero-order valence-electron chi connectivity index (χ0n) is 14.3. The first kappa shape index (κ1) is 18.3. The second-order valence-electron chi connectivity index (χ2n) is 5.54. The van der Waals surface area contributed by atoms with E-state index in [1.54, 1.807) is 36.6 Å². The van der Waals surface area contributed by atoms with Crippen molar-refractivity contribution >= 4 is 17.3 Å². The third-order valence-corrected chi connectivity index (χ3v) is 4.50. The second kappa shape index (κ2) is 9.27. The maximum atomic E-state index is 13.6. The van der Waals surface area contributed by atoms with E-state index in [1.165, 1.54) is 10.9 Å². The predicted octanol–water partition coefficient (Wildman–Crippen LogP) is 3.40. The van der Waals surface area contributed by atoms with Crippen LogP contribution in [0, 0.1) is 5.82 Å². The van der Waals surface area contributed by atoms with Gasteiger partial charge in [-0.1, -0.05) is 18.2 Å². The van der Waals surface area contributed by atoms with E-state index >= 15 is 0 Å². The van der Waals surface area contributed by atoms with Crippen molar-refractivity contribution in [1.29, 1.82) is 0 Å². The Morgan fingerprint density at radius 3 is 2.79 bits per heavy atom. The molecule has 130 valence electrons. The summed E-state index contributed by atoms with van der Waals surface area (Å²) in [6, 6.07) is 10.6. The molecule has 0 fully saturated rings. The lowest BCUT2D eigenvalue weighted by atomic mass is 10.3. The van der Waals surface area contributed by atoms with Crippen LogP contribution in [0.15, 0.2) is 46.8 Å². The average Bonchev–Trinajstić information content (AvgIpc) is 3.09. The van der Waals surface area contributed by atoms with Crippen LogP contribution >= 0.6 is 11.3 Å². The maximum Gasteiger partial charge on any atom is 0.193 e. The molecule has 0 bridgehead atoms. The highest BCUT2D eigenvalue weighted by Crippen LogP contribution is 2.16. The van der Waals surface area contributed by atoms with Gasteiger partial charge in [-0.25, -0.2) is 4.39 Å². The lowest BCUT2D eigenvalue weighted by Crippen LogP contribution is -2.43. The van der Waals surface area contributed by atoms with Crippen molar-refractivity contribution < 1.29 is 9.13 Å². The molecule has 4 nitrogen and oxygen atoms in total. The Balaban J connectivity index is 1.78. The van der Waals surface area contributed by atoms with E-state index in [1.807, 2.05) is 14.0 Å². The molecule has 1 aromatic carbocycles. The third kappa shape index (κ3) is 5.53. The Bertz CT molecular complexity index is 645. The highest BCUT2D eigenvalue weighted by Gasteiger charge is 2.11. The number of aliphatic imine (C=N–C) groups is 1. The molecule has 0 aliphatic rings. The van der Waals surface area contributed by atoms with Crippen molar-refractivity contribution in [2.75, 3.05) is 27.2 Å². The third-order valence-electron chi connectivity index (χ3n) is 3.56. The highest BCUT2D eigenvalue weighted by molar-refractivity contribution is 7.09. The Morgan fingerprint density at radius 2 is 2.12 bits per heavy atom. The molecule has 1 aromatic heterocycles. The first-order chi connectivity index (χ1) is 11.6. The van der Waals surface area contributed by atoms with E-state index in [-0.39, 0.29) is 17.7 Å². The zero-order chi connectivity index (χ0) is 17.4. The average molecular weight is 349 g/mol. The molecule has 0 saturated heterocycles. The van der Waals surface area contributed by atoms with Gasteiger partial charge in [-0.05, 0) is 36.9 Å². The van der Waals surface area contributed by atoms with E-state index in [2.05, 4.69) is 32.7 Å². The highest BCUT2D eigenvalue weighted by atomic mass is 32.1. The fraction of sp³-hybridized carbons (Fsp3) is 0.389. The smallest absolute Gasteiger partial charge is 0.193 e. The number of nitrogens with zero attached hydrogens (tertiary/aromatic N) is 2. The van der Waals surface area contributed by atoms with E-state index in [4.69, 9.17) is 4.74 Å². The fourth-order valence-electron chi connectivity index (χ4n) is 2.26. The number of para-hydroxylation sites is 1. The first-order valence-electron chi connectivity index (χ1n) is 7.95. The normalized spacial score (nSPS) is 12.8. The van der Waals surface area contributed by atoms with Gasteiger partial charge >= 0.3 is 0 Å². The molecule has 0 aliphatic carbocycles. The van der Waals surface area contributed by atoms with Crippen LogP contribution in [0.2, 0.25) is 0 Å².